The maximum atomic E-state index is 13.1. The fourth-order valence-corrected chi connectivity index (χ4v) is 3.56. The minimum Gasteiger partial charge on any atom is -0.481 e. The summed E-state index contributed by atoms with van der Waals surface area (Å²) in [5, 5.41) is 34.2. The molecule has 37 heavy (non-hydrogen) atoms. The number of amides is 3. The predicted octanol–water partition coefficient (Wildman–Crippen LogP) is -1.70. The van der Waals surface area contributed by atoms with E-state index in [4.69, 9.17) is 15.9 Å². The van der Waals surface area contributed by atoms with Crippen molar-refractivity contribution >= 4 is 47.4 Å². The number of nitrogens with two attached hydrogens (primary N) is 1. The number of rotatable bonds is 18. The monoisotopic (exact) mass is 544 g/mol. The topological polar surface area (TPSA) is 254 Å². The first-order chi connectivity index (χ1) is 17.4. The number of carboxylic acids is 3. The number of aliphatic carboxylic acids is 3. The molecule has 0 aliphatic carbocycles. The van der Waals surface area contributed by atoms with E-state index in [-0.39, 0.29) is 32.1 Å². The standard InChI is InChI=1S/C21H32N6O9S/c1-37-7-6-13(19(33)26-14(21(35)36)3-5-17(30)31)25-20(34)15(8-11-9-23-10-24-11)27-18(32)12(22)2-4-16(28)29/h9-10,12-15H,2-8,22H2,1H3,(H,23,24)(H,25,34)(H,26,33)(H,27,32)(H,28,29)(H,30,31)(H,35,36). The lowest BCUT2D eigenvalue weighted by molar-refractivity contribution is -0.143. The van der Waals surface area contributed by atoms with Crippen molar-refractivity contribution in [2.75, 3.05) is 12.0 Å². The van der Waals surface area contributed by atoms with Gasteiger partial charge < -0.3 is 42.0 Å². The first-order valence-electron chi connectivity index (χ1n) is 11.2. The highest BCUT2D eigenvalue weighted by molar-refractivity contribution is 7.98. The molecule has 0 radical (unpaired) electrons. The second-order valence-electron chi connectivity index (χ2n) is 8.06. The summed E-state index contributed by atoms with van der Waals surface area (Å²) < 4.78 is 0. The molecule has 4 unspecified atom stereocenters. The van der Waals surface area contributed by atoms with Crippen LogP contribution in [0.15, 0.2) is 12.5 Å². The van der Waals surface area contributed by atoms with Crippen molar-refractivity contribution in [1.82, 2.24) is 25.9 Å². The molecule has 1 aromatic heterocycles. The highest BCUT2D eigenvalue weighted by atomic mass is 32.2. The van der Waals surface area contributed by atoms with Crippen molar-refractivity contribution in [1.29, 1.82) is 0 Å². The molecule has 0 spiro atoms. The molecule has 1 aromatic rings. The van der Waals surface area contributed by atoms with Crippen molar-refractivity contribution in [3.63, 3.8) is 0 Å². The lowest BCUT2D eigenvalue weighted by Gasteiger charge is -2.25. The highest BCUT2D eigenvalue weighted by Crippen LogP contribution is 2.07. The van der Waals surface area contributed by atoms with E-state index in [1.807, 2.05) is 0 Å². The number of aromatic nitrogens is 2. The van der Waals surface area contributed by atoms with Crippen LogP contribution in [0.2, 0.25) is 0 Å². The summed E-state index contributed by atoms with van der Waals surface area (Å²) in [6, 6.07) is -5.09. The van der Waals surface area contributed by atoms with Gasteiger partial charge in [0.25, 0.3) is 0 Å². The van der Waals surface area contributed by atoms with Crippen LogP contribution >= 0.6 is 11.8 Å². The average molecular weight is 545 g/mol. The Hall–Kier alpha value is -3.66. The van der Waals surface area contributed by atoms with Gasteiger partial charge in [0.1, 0.15) is 18.1 Å². The molecule has 15 nitrogen and oxygen atoms in total. The van der Waals surface area contributed by atoms with Crippen LogP contribution in [0, 0.1) is 0 Å². The Morgan fingerprint density at radius 2 is 1.46 bits per heavy atom. The lowest BCUT2D eigenvalue weighted by Crippen LogP contribution is -2.57. The molecule has 16 heteroatoms. The largest absolute Gasteiger partial charge is 0.481 e. The molecular formula is C21H32N6O9S. The van der Waals surface area contributed by atoms with Crippen LogP contribution in [-0.2, 0) is 35.2 Å². The second-order valence-corrected chi connectivity index (χ2v) is 9.04. The van der Waals surface area contributed by atoms with Crippen LogP contribution in [0.1, 0.15) is 37.8 Å². The number of hydrogen-bond donors (Lipinski definition) is 8. The number of thioether (sulfide) groups is 1. The third-order valence-corrected chi connectivity index (χ3v) is 5.77. The lowest BCUT2D eigenvalue weighted by atomic mass is 10.1. The summed E-state index contributed by atoms with van der Waals surface area (Å²) in [6.45, 7) is 0. The SMILES string of the molecule is CSCCC(NC(=O)C(Cc1cnc[nH]1)NC(=O)C(N)CCC(=O)O)C(=O)NC(CCC(=O)O)C(=O)O. The molecule has 3 amide bonds. The Morgan fingerprint density at radius 1 is 0.892 bits per heavy atom. The van der Waals surface area contributed by atoms with Gasteiger partial charge in [-0.1, -0.05) is 0 Å². The van der Waals surface area contributed by atoms with E-state index in [1.54, 1.807) is 6.26 Å². The number of imidazole rings is 1. The molecular weight excluding hydrogens is 512 g/mol. The number of nitrogens with one attached hydrogen (secondary N) is 4. The molecule has 0 aliphatic heterocycles. The quantitative estimate of drug-likeness (QED) is 0.103. The molecule has 9 N–H and O–H groups in total. The normalized spacial score (nSPS) is 14.0. The van der Waals surface area contributed by atoms with E-state index in [0.29, 0.717) is 11.4 Å². The number of H-pyrrole nitrogens is 1. The van der Waals surface area contributed by atoms with Crippen LogP contribution in [0.25, 0.3) is 0 Å². The van der Waals surface area contributed by atoms with E-state index < -0.39 is 66.2 Å². The fraction of sp³-hybridized carbons (Fsp3) is 0.571. The zero-order chi connectivity index (χ0) is 28.0. The minimum atomic E-state index is -1.48. The number of carbonyl (C=O) groups excluding carboxylic acids is 3. The molecule has 0 saturated heterocycles. The number of nitrogens with zero attached hydrogens (tertiary/aromatic N) is 1. The highest BCUT2D eigenvalue weighted by Gasteiger charge is 2.30. The second kappa shape index (κ2) is 16.2. The van der Waals surface area contributed by atoms with Crippen molar-refractivity contribution in [2.45, 2.75) is 62.7 Å². The average Bonchev–Trinajstić information content (AvgIpc) is 3.34. The van der Waals surface area contributed by atoms with E-state index in [9.17, 15) is 33.9 Å². The van der Waals surface area contributed by atoms with Crippen molar-refractivity contribution in [3.05, 3.63) is 18.2 Å². The molecule has 4 atom stereocenters. The fourth-order valence-electron chi connectivity index (χ4n) is 3.09. The van der Waals surface area contributed by atoms with E-state index in [0.717, 1.165) is 0 Å². The van der Waals surface area contributed by atoms with Gasteiger partial charge in [0, 0.05) is 31.2 Å². The summed E-state index contributed by atoms with van der Waals surface area (Å²) in [5.41, 5.74) is 6.22. The van der Waals surface area contributed by atoms with Crippen LogP contribution in [0.3, 0.4) is 0 Å². The Bertz CT molecular complexity index is 943. The Labute approximate surface area is 216 Å². The number of carbonyl (C=O) groups is 6. The Kier molecular flexibility index (Phi) is 13.7. The summed E-state index contributed by atoms with van der Waals surface area (Å²) in [7, 11) is 0. The first-order valence-corrected chi connectivity index (χ1v) is 12.6. The Morgan fingerprint density at radius 3 is 2.00 bits per heavy atom. The molecule has 0 bridgehead atoms. The van der Waals surface area contributed by atoms with Gasteiger partial charge in [-0.3, -0.25) is 24.0 Å². The molecule has 1 heterocycles. The van der Waals surface area contributed by atoms with Gasteiger partial charge in [-0.15, -0.1) is 0 Å². The van der Waals surface area contributed by atoms with Crippen LogP contribution in [0.4, 0.5) is 0 Å². The molecule has 0 aliphatic rings. The zero-order valence-electron chi connectivity index (χ0n) is 20.1. The van der Waals surface area contributed by atoms with Gasteiger partial charge >= 0.3 is 17.9 Å². The Balaban J connectivity index is 3.01. The summed E-state index contributed by atoms with van der Waals surface area (Å²) >= 11 is 1.38. The van der Waals surface area contributed by atoms with Crippen LogP contribution in [-0.4, -0.2) is 97.1 Å². The third-order valence-electron chi connectivity index (χ3n) is 5.12. The smallest absolute Gasteiger partial charge is 0.326 e. The van der Waals surface area contributed by atoms with Crippen molar-refractivity contribution in [3.8, 4) is 0 Å². The maximum Gasteiger partial charge on any atom is 0.326 e. The van der Waals surface area contributed by atoms with Crippen molar-refractivity contribution in [2.24, 2.45) is 5.73 Å². The van der Waals surface area contributed by atoms with Gasteiger partial charge in [0.15, 0.2) is 0 Å². The van der Waals surface area contributed by atoms with Crippen LogP contribution < -0.4 is 21.7 Å². The zero-order valence-corrected chi connectivity index (χ0v) is 21.0. The van der Waals surface area contributed by atoms with Gasteiger partial charge in [0.05, 0.1) is 12.4 Å². The van der Waals surface area contributed by atoms with E-state index in [1.165, 1.54) is 24.3 Å². The molecule has 0 aromatic carbocycles. The van der Waals surface area contributed by atoms with Crippen molar-refractivity contribution < 1.29 is 44.1 Å². The predicted molar refractivity (Wildman–Crippen MR) is 130 cm³/mol. The summed E-state index contributed by atoms with van der Waals surface area (Å²) in [6.07, 6.45) is 3.26. The van der Waals surface area contributed by atoms with Gasteiger partial charge in [-0.2, -0.15) is 11.8 Å². The van der Waals surface area contributed by atoms with Gasteiger partial charge in [0.2, 0.25) is 17.7 Å². The molecule has 206 valence electrons. The molecule has 1 rings (SSSR count). The number of hydrogen-bond acceptors (Lipinski definition) is 9. The first kappa shape index (κ1) is 31.4. The van der Waals surface area contributed by atoms with E-state index >= 15 is 0 Å². The molecule has 0 saturated carbocycles. The molecule has 0 fully saturated rings. The van der Waals surface area contributed by atoms with Crippen LogP contribution in [0.5, 0.6) is 0 Å². The minimum absolute atomic E-state index is 0.0591. The number of aromatic amines is 1. The van der Waals surface area contributed by atoms with Gasteiger partial charge in [-0.25, -0.2) is 9.78 Å². The third kappa shape index (κ3) is 12.2. The van der Waals surface area contributed by atoms with E-state index in [2.05, 4.69) is 25.9 Å². The summed E-state index contributed by atoms with van der Waals surface area (Å²) in [5.74, 6) is -5.75. The number of carboxylic acid groups (broad SMARTS) is 3. The van der Waals surface area contributed by atoms with Gasteiger partial charge in [-0.05, 0) is 31.3 Å². The summed E-state index contributed by atoms with van der Waals surface area (Å²) in [4.78, 5) is 78.2. The maximum absolute atomic E-state index is 13.1.